The Morgan fingerprint density at radius 1 is 0.719 bits per heavy atom. The number of para-hydroxylation sites is 1. The summed E-state index contributed by atoms with van der Waals surface area (Å²) >= 11 is 0. The fourth-order valence-corrected chi connectivity index (χ4v) is 6.04. The number of nitrogens with zero attached hydrogens (tertiary/aromatic N) is 4. The number of benzene rings is 2. The largest absolute Gasteiger partial charge is 0.371 e. The molecule has 1 atom stereocenters. The Kier molecular flexibility index (Phi) is 6.65. The van der Waals surface area contributed by atoms with E-state index in [0.717, 1.165) is 31.7 Å². The Labute approximate surface area is 192 Å². The number of aryl methyl sites for hydroxylation is 1. The van der Waals surface area contributed by atoms with Crippen LogP contribution < -0.4 is 9.80 Å². The van der Waals surface area contributed by atoms with Crippen LogP contribution in [0.15, 0.2) is 48.5 Å². The van der Waals surface area contributed by atoms with Crippen LogP contribution in [0.4, 0.5) is 15.8 Å². The van der Waals surface area contributed by atoms with Gasteiger partial charge in [-0.3, -0.25) is 9.80 Å². The van der Waals surface area contributed by atoms with Crippen molar-refractivity contribution in [2.45, 2.75) is 44.7 Å². The topological polar surface area (TPSA) is 13.0 Å². The smallest absolute Gasteiger partial charge is 0.123 e. The summed E-state index contributed by atoms with van der Waals surface area (Å²) in [5, 5.41) is 0. The van der Waals surface area contributed by atoms with E-state index in [2.05, 4.69) is 49.9 Å². The minimum atomic E-state index is -0.134. The van der Waals surface area contributed by atoms with E-state index in [4.69, 9.17) is 0 Å². The second-order valence-electron chi connectivity index (χ2n) is 9.80. The monoisotopic (exact) mass is 436 g/mol. The molecular formula is C27H37FN4. The lowest BCUT2D eigenvalue weighted by molar-refractivity contribution is 0.0596. The summed E-state index contributed by atoms with van der Waals surface area (Å²) in [4.78, 5) is 10.5. The Hall–Kier alpha value is -2.11. The third-order valence-electron chi connectivity index (χ3n) is 7.86. The van der Waals surface area contributed by atoms with E-state index in [9.17, 15) is 4.39 Å². The van der Waals surface area contributed by atoms with Crippen LogP contribution in [0, 0.1) is 12.7 Å². The van der Waals surface area contributed by atoms with E-state index < -0.39 is 0 Å². The van der Waals surface area contributed by atoms with Gasteiger partial charge in [0.05, 0.1) is 0 Å². The van der Waals surface area contributed by atoms with Gasteiger partial charge in [0.25, 0.3) is 0 Å². The van der Waals surface area contributed by atoms with E-state index in [-0.39, 0.29) is 5.82 Å². The van der Waals surface area contributed by atoms with Gasteiger partial charge in [0.2, 0.25) is 0 Å². The average Bonchev–Trinajstić information content (AvgIpc) is 2.85. The quantitative estimate of drug-likeness (QED) is 0.705. The SMILES string of the molecule is Cc1cc(F)ccc1N1CCC(N2CCC[C@H](N3CCN(c4ccccc4)CC3)C2)CC1. The van der Waals surface area contributed by atoms with E-state index in [1.807, 2.05) is 13.0 Å². The van der Waals surface area contributed by atoms with Crippen LogP contribution in [-0.2, 0) is 0 Å². The molecule has 4 nitrogen and oxygen atoms in total. The van der Waals surface area contributed by atoms with Crippen molar-refractivity contribution in [1.82, 2.24) is 9.80 Å². The van der Waals surface area contributed by atoms with Gasteiger partial charge in [0, 0.05) is 69.3 Å². The molecule has 0 amide bonds. The first-order valence-corrected chi connectivity index (χ1v) is 12.5. The summed E-state index contributed by atoms with van der Waals surface area (Å²) < 4.78 is 13.5. The van der Waals surface area contributed by atoms with Crippen molar-refractivity contribution in [3.05, 3.63) is 59.9 Å². The van der Waals surface area contributed by atoms with Gasteiger partial charge in [0.15, 0.2) is 0 Å². The summed E-state index contributed by atoms with van der Waals surface area (Å²) in [6.07, 6.45) is 5.09. The molecule has 0 aliphatic carbocycles. The van der Waals surface area contributed by atoms with Crippen molar-refractivity contribution >= 4 is 11.4 Å². The van der Waals surface area contributed by atoms with Crippen LogP contribution in [-0.4, -0.2) is 74.2 Å². The second kappa shape index (κ2) is 9.80. The molecule has 0 bridgehead atoms. The third kappa shape index (κ3) is 4.79. The zero-order valence-corrected chi connectivity index (χ0v) is 19.4. The van der Waals surface area contributed by atoms with Crippen LogP contribution in [0.1, 0.15) is 31.2 Å². The van der Waals surface area contributed by atoms with Crippen LogP contribution >= 0.6 is 0 Å². The minimum Gasteiger partial charge on any atom is -0.371 e. The summed E-state index contributed by atoms with van der Waals surface area (Å²) in [6, 6.07) is 17.5. The highest BCUT2D eigenvalue weighted by Crippen LogP contribution is 2.28. The number of piperazine rings is 1. The van der Waals surface area contributed by atoms with Gasteiger partial charge >= 0.3 is 0 Å². The Bertz CT molecular complexity index is 872. The lowest BCUT2D eigenvalue weighted by atomic mass is 9.96. The normalized spacial score (nSPS) is 24.1. The Morgan fingerprint density at radius 2 is 1.47 bits per heavy atom. The van der Waals surface area contributed by atoms with Crippen LogP contribution in [0.2, 0.25) is 0 Å². The minimum absolute atomic E-state index is 0.134. The molecule has 3 aliphatic heterocycles. The van der Waals surface area contributed by atoms with Crippen molar-refractivity contribution in [2.24, 2.45) is 0 Å². The van der Waals surface area contributed by atoms with E-state index in [0.29, 0.717) is 12.1 Å². The van der Waals surface area contributed by atoms with Crippen LogP contribution in [0.25, 0.3) is 0 Å². The maximum absolute atomic E-state index is 13.5. The molecule has 0 N–H and O–H groups in total. The van der Waals surface area contributed by atoms with Gasteiger partial charge < -0.3 is 9.80 Å². The molecule has 5 rings (SSSR count). The second-order valence-corrected chi connectivity index (χ2v) is 9.80. The molecule has 3 aliphatic rings. The van der Waals surface area contributed by atoms with Crippen molar-refractivity contribution in [2.75, 3.05) is 62.2 Å². The lowest BCUT2D eigenvalue weighted by Crippen LogP contribution is -2.57. The molecule has 0 aromatic heterocycles. The number of piperidine rings is 2. The molecule has 3 fully saturated rings. The van der Waals surface area contributed by atoms with Gasteiger partial charge in [0.1, 0.15) is 5.82 Å². The molecule has 32 heavy (non-hydrogen) atoms. The molecule has 2 aromatic carbocycles. The van der Waals surface area contributed by atoms with Gasteiger partial charge in [-0.1, -0.05) is 18.2 Å². The first kappa shape index (κ1) is 21.7. The first-order chi connectivity index (χ1) is 15.7. The number of likely N-dealkylation sites (tertiary alicyclic amines) is 1. The number of rotatable bonds is 4. The highest BCUT2D eigenvalue weighted by molar-refractivity contribution is 5.53. The summed E-state index contributed by atoms with van der Waals surface area (Å²) in [5.74, 6) is -0.134. The van der Waals surface area contributed by atoms with E-state index >= 15 is 0 Å². The maximum atomic E-state index is 13.5. The number of hydrogen-bond acceptors (Lipinski definition) is 4. The molecular weight excluding hydrogens is 399 g/mol. The van der Waals surface area contributed by atoms with Crippen molar-refractivity contribution in [1.29, 1.82) is 0 Å². The highest BCUT2D eigenvalue weighted by Gasteiger charge is 2.32. The summed E-state index contributed by atoms with van der Waals surface area (Å²) in [5.41, 5.74) is 3.62. The first-order valence-electron chi connectivity index (χ1n) is 12.5. The number of halogens is 1. The molecule has 2 aromatic rings. The van der Waals surface area contributed by atoms with E-state index in [1.165, 1.54) is 63.2 Å². The molecule has 3 heterocycles. The third-order valence-corrected chi connectivity index (χ3v) is 7.86. The van der Waals surface area contributed by atoms with Gasteiger partial charge in [-0.25, -0.2) is 4.39 Å². The molecule has 0 unspecified atom stereocenters. The van der Waals surface area contributed by atoms with Gasteiger partial charge in [-0.15, -0.1) is 0 Å². The maximum Gasteiger partial charge on any atom is 0.123 e. The average molecular weight is 437 g/mol. The van der Waals surface area contributed by atoms with Crippen LogP contribution in [0.3, 0.4) is 0 Å². The van der Waals surface area contributed by atoms with Crippen molar-refractivity contribution < 1.29 is 4.39 Å². The fourth-order valence-electron chi connectivity index (χ4n) is 6.04. The standard InChI is InChI=1S/C27H37FN4/c1-22-20-23(28)9-10-27(22)31-14-11-25(12-15-31)32-13-5-8-26(21-32)30-18-16-29(17-19-30)24-6-3-2-4-7-24/h2-4,6-7,9-10,20,25-26H,5,8,11-19,21H2,1H3/t26-/m0/s1. The molecule has 172 valence electrons. The fraction of sp³-hybridized carbons (Fsp3) is 0.556. The zero-order valence-electron chi connectivity index (χ0n) is 19.4. The van der Waals surface area contributed by atoms with E-state index in [1.54, 1.807) is 12.1 Å². The molecule has 0 spiro atoms. The predicted octanol–water partition coefficient (Wildman–Crippen LogP) is 4.39. The van der Waals surface area contributed by atoms with Crippen LogP contribution in [0.5, 0.6) is 0 Å². The molecule has 0 saturated carbocycles. The predicted molar refractivity (Wildman–Crippen MR) is 131 cm³/mol. The molecule has 0 radical (unpaired) electrons. The highest BCUT2D eigenvalue weighted by atomic mass is 19.1. The number of hydrogen-bond donors (Lipinski definition) is 0. The Morgan fingerprint density at radius 3 is 2.19 bits per heavy atom. The summed E-state index contributed by atoms with van der Waals surface area (Å²) in [6.45, 7) is 11.3. The number of anilines is 2. The summed E-state index contributed by atoms with van der Waals surface area (Å²) in [7, 11) is 0. The zero-order chi connectivity index (χ0) is 21.9. The molecule has 5 heteroatoms. The molecule has 3 saturated heterocycles. The Balaban J connectivity index is 1.12. The van der Waals surface area contributed by atoms with Crippen molar-refractivity contribution in [3.8, 4) is 0 Å². The van der Waals surface area contributed by atoms with Crippen molar-refractivity contribution in [3.63, 3.8) is 0 Å². The van der Waals surface area contributed by atoms with Gasteiger partial charge in [-0.05, 0) is 75.0 Å². The lowest BCUT2D eigenvalue weighted by Gasteiger charge is -2.47. The van der Waals surface area contributed by atoms with Gasteiger partial charge in [-0.2, -0.15) is 0 Å².